The van der Waals surface area contributed by atoms with Crippen LogP contribution in [0.1, 0.15) is 19.3 Å². The Labute approximate surface area is 84.2 Å². The summed E-state index contributed by atoms with van der Waals surface area (Å²) in [5, 5.41) is 20.1. The lowest BCUT2D eigenvalue weighted by molar-refractivity contribution is 0.251. The van der Waals surface area contributed by atoms with E-state index in [-0.39, 0.29) is 12.4 Å². The highest BCUT2D eigenvalue weighted by molar-refractivity contribution is 5.79. The second-order valence-electron chi connectivity index (χ2n) is 3.81. The van der Waals surface area contributed by atoms with Crippen LogP contribution in [0.4, 0.5) is 0 Å². The summed E-state index contributed by atoms with van der Waals surface area (Å²) < 4.78 is 0. The van der Waals surface area contributed by atoms with E-state index in [1.165, 1.54) is 0 Å². The third-order valence-corrected chi connectivity index (χ3v) is 2.72. The molecule has 0 spiro atoms. The molecule has 0 aromatic rings. The van der Waals surface area contributed by atoms with Crippen LogP contribution in [-0.2, 0) is 0 Å². The van der Waals surface area contributed by atoms with E-state index < -0.39 is 0 Å². The van der Waals surface area contributed by atoms with Crippen molar-refractivity contribution in [2.75, 3.05) is 26.2 Å². The minimum Gasteiger partial charge on any atom is -0.409 e. The number of nitrogens with two attached hydrogens (primary N) is 1. The molecule has 4 N–H and O–H groups in total. The molecule has 5 heteroatoms. The molecule has 82 valence electrons. The van der Waals surface area contributed by atoms with Crippen LogP contribution in [0.3, 0.4) is 0 Å². The second kappa shape index (κ2) is 5.82. The van der Waals surface area contributed by atoms with Gasteiger partial charge in [0.05, 0.1) is 0 Å². The zero-order chi connectivity index (χ0) is 10.4. The van der Waals surface area contributed by atoms with Crippen molar-refractivity contribution in [1.82, 2.24) is 4.90 Å². The first-order chi connectivity index (χ1) is 6.76. The van der Waals surface area contributed by atoms with Crippen molar-refractivity contribution in [3.8, 4) is 0 Å². The molecule has 1 rings (SSSR count). The fraction of sp³-hybridized carbons (Fsp3) is 0.889. The van der Waals surface area contributed by atoms with Crippen molar-refractivity contribution < 1.29 is 10.3 Å². The Kier molecular flexibility index (Phi) is 4.69. The largest absolute Gasteiger partial charge is 0.409 e. The van der Waals surface area contributed by atoms with Gasteiger partial charge in [-0.3, -0.25) is 0 Å². The van der Waals surface area contributed by atoms with E-state index in [2.05, 4.69) is 10.1 Å². The van der Waals surface area contributed by atoms with Gasteiger partial charge in [0.2, 0.25) is 0 Å². The first kappa shape index (κ1) is 11.3. The summed E-state index contributed by atoms with van der Waals surface area (Å²) in [7, 11) is 0. The maximum atomic E-state index is 8.78. The molecule has 0 amide bonds. The van der Waals surface area contributed by atoms with Crippen LogP contribution >= 0.6 is 0 Å². The van der Waals surface area contributed by atoms with Crippen molar-refractivity contribution in [2.45, 2.75) is 19.3 Å². The van der Waals surface area contributed by atoms with Gasteiger partial charge in [0.15, 0.2) is 0 Å². The SMILES string of the molecule is NC(CCN1CCC(CCO)C1)=NO. The smallest absolute Gasteiger partial charge is 0.140 e. The van der Waals surface area contributed by atoms with Crippen LogP contribution < -0.4 is 5.73 Å². The van der Waals surface area contributed by atoms with Gasteiger partial charge in [-0.15, -0.1) is 0 Å². The van der Waals surface area contributed by atoms with Crippen molar-refractivity contribution >= 4 is 5.84 Å². The summed E-state index contributed by atoms with van der Waals surface area (Å²) >= 11 is 0. The number of likely N-dealkylation sites (tertiary alicyclic amines) is 1. The fourth-order valence-corrected chi connectivity index (χ4v) is 1.86. The van der Waals surface area contributed by atoms with Crippen LogP contribution in [0.2, 0.25) is 0 Å². The van der Waals surface area contributed by atoms with E-state index in [0.717, 1.165) is 32.5 Å². The topological polar surface area (TPSA) is 82.1 Å². The highest BCUT2D eigenvalue weighted by Crippen LogP contribution is 2.18. The second-order valence-corrected chi connectivity index (χ2v) is 3.81. The molecule has 1 heterocycles. The van der Waals surface area contributed by atoms with Crippen molar-refractivity contribution in [3.63, 3.8) is 0 Å². The van der Waals surface area contributed by atoms with E-state index in [1.807, 2.05) is 0 Å². The number of rotatable bonds is 5. The maximum absolute atomic E-state index is 8.78. The van der Waals surface area contributed by atoms with E-state index in [1.54, 1.807) is 0 Å². The molecule has 14 heavy (non-hydrogen) atoms. The third-order valence-electron chi connectivity index (χ3n) is 2.72. The number of aliphatic hydroxyl groups is 1. The summed E-state index contributed by atoms with van der Waals surface area (Å²) in [5.41, 5.74) is 5.38. The van der Waals surface area contributed by atoms with Crippen molar-refractivity contribution in [2.24, 2.45) is 16.8 Å². The highest BCUT2D eigenvalue weighted by atomic mass is 16.4. The minimum absolute atomic E-state index is 0.277. The standard InChI is InChI=1S/C9H19N3O2/c10-9(11-14)2-5-12-4-1-8(7-12)3-6-13/h8,13-14H,1-7H2,(H2,10,11). The average Bonchev–Trinajstić information content (AvgIpc) is 2.63. The Bertz CT molecular complexity index is 196. The number of nitrogens with zero attached hydrogens (tertiary/aromatic N) is 2. The molecule has 0 saturated carbocycles. The molecule has 0 radical (unpaired) electrons. The number of amidine groups is 1. The highest BCUT2D eigenvalue weighted by Gasteiger charge is 2.21. The first-order valence-corrected chi connectivity index (χ1v) is 5.06. The Hall–Kier alpha value is -0.810. The van der Waals surface area contributed by atoms with Gasteiger partial charge in [-0.05, 0) is 25.3 Å². The zero-order valence-corrected chi connectivity index (χ0v) is 8.39. The quantitative estimate of drug-likeness (QED) is 0.249. The first-order valence-electron chi connectivity index (χ1n) is 5.06. The summed E-state index contributed by atoms with van der Waals surface area (Å²) in [5.74, 6) is 0.905. The zero-order valence-electron chi connectivity index (χ0n) is 8.39. The predicted octanol–water partition coefficient (Wildman–Crippen LogP) is -0.173. The molecule has 5 nitrogen and oxygen atoms in total. The summed E-state index contributed by atoms with van der Waals surface area (Å²) in [6.45, 7) is 3.21. The molecule has 0 aliphatic carbocycles. The average molecular weight is 201 g/mol. The number of hydrogen-bond acceptors (Lipinski definition) is 4. The monoisotopic (exact) mass is 201 g/mol. The van der Waals surface area contributed by atoms with Crippen LogP contribution in [0.25, 0.3) is 0 Å². The Morgan fingerprint density at radius 2 is 2.36 bits per heavy atom. The summed E-state index contributed by atoms with van der Waals surface area (Å²) in [6, 6.07) is 0. The lowest BCUT2D eigenvalue weighted by Gasteiger charge is -2.14. The summed E-state index contributed by atoms with van der Waals surface area (Å²) in [6.07, 6.45) is 2.65. The number of oxime groups is 1. The maximum Gasteiger partial charge on any atom is 0.140 e. The molecule has 1 unspecified atom stereocenters. The van der Waals surface area contributed by atoms with E-state index >= 15 is 0 Å². The van der Waals surface area contributed by atoms with Gasteiger partial charge in [0, 0.05) is 26.1 Å². The molecular weight excluding hydrogens is 182 g/mol. The van der Waals surface area contributed by atoms with Crippen LogP contribution in [-0.4, -0.2) is 47.3 Å². The molecule has 1 atom stereocenters. The fourth-order valence-electron chi connectivity index (χ4n) is 1.86. The minimum atomic E-state index is 0.277. The van der Waals surface area contributed by atoms with Gasteiger partial charge >= 0.3 is 0 Å². The van der Waals surface area contributed by atoms with Gasteiger partial charge in [-0.25, -0.2) is 0 Å². The van der Waals surface area contributed by atoms with Crippen LogP contribution in [0, 0.1) is 5.92 Å². The van der Waals surface area contributed by atoms with Gasteiger partial charge in [-0.1, -0.05) is 5.16 Å². The normalized spacial score (nSPS) is 24.4. The molecule has 0 bridgehead atoms. The Balaban J connectivity index is 2.16. The number of aliphatic hydroxyl groups excluding tert-OH is 1. The molecule has 1 fully saturated rings. The van der Waals surface area contributed by atoms with Crippen molar-refractivity contribution in [1.29, 1.82) is 0 Å². The van der Waals surface area contributed by atoms with Crippen LogP contribution in [0.5, 0.6) is 0 Å². The van der Waals surface area contributed by atoms with E-state index in [0.29, 0.717) is 12.3 Å². The van der Waals surface area contributed by atoms with Crippen LogP contribution in [0.15, 0.2) is 5.16 Å². The van der Waals surface area contributed by atoms with Gasteiger partial charge in [0.25, 0.3) is 0 Å². The predicted molar refractivity (Wildman–Crippen MR) is 54.3 cm³/mol. The molecular formula is C9H19N3O2. The molecule has 0 aromatic carbocycles. The van der Waals surface area contributed by atoms with E-state index in [4.69, 9.17) is 16.0 Å². The Morgan fingerprint density at radius 1 is 1.57 bits per heavy atom. The summed E-state index contributed by atoms with van der Waals surface area (Å²) in [4.78, 5) is 2.29. The molecule has 1 aliphatic heterocycles. The molecule has 1 aliphatic rings. The van der Waals surface area contributed by atoms with Gasteiger partial charge in [-0.2, -0.15) is 0 Å². The third kappa shape index (κ3) is 3.51. The molecule has 0 aromatic heterocycles. The van der Waals surface area contributed by atoms with Gasteiger partial charge in [0.1, 0.15) is 5.84 Å². The van der Waals surface area contributed by atoms with Gasteiger partial charge < -0.3 is 20.9 Å². The lowest BCUT2D eigenvalue weighted by Crippen LogP contribution is -2.26. The molecule has 1 saturated heterocycles. The number of hydrogen-bond donors (Lipinski definition) is 3. The van der Waals surface area contributed by atoms with Crippen molar-refractivity contribution in [3.05, 3.63) is 0 Å². The Morgan fingerprint density at radius 3 is 3.00 bits per heavy atom. The van der Waals surface area contributed by atoms with E-state index in [9.17, 15) is 0 Å². The lowest BCUT2D eigenvalue weighted by atomic mass is 10.1.